The number of methoxy groups -OCH3 is 1. The standard InChI is InChI=1S/C26H27ClN2O5/c1-34-26(33)19-9-7-18(8-10-19)25(32)29-22-11-5-17(6-12-22)13-23(16-30)28-15-24(31)20-3-2-4-21(27)14-20/h2-12,14,23-24,28,30-31H,13,15-16H2,1H3,(H,29,32)/t23-,24-/m0/s1. The fourth-order valence-corrected chi connectivity index (χ4v) is 3.60. The third-order valence-corrected chi connectivity index (χ3v) is 5.55. The van der Waals surface area contributed by atoms with Crippen molar-refractivity contribution in [2.75, 3.05) is 25.6 Å². The normalized spacial score (nSPS) is 12.6. The minimum Gasteiger partial charge on any atom is -0.465 e. The highest BCUT2D eigenvalue weighted by atomic mass is 35.5. The van der Waals surface area contributed by atoms with Crippen molar-refractivity contribution < 1.29 is 24.5 Å². The fraction of sp³-hybridized carbons (Fsp3) is 0.231. The number of hydrogen-bond acceptors (Lipinski definition) is 6. The van der Waals surface area contributed by atoms with Crippen molar-refractivity contribution in [1.82, 2.24) is 5.32 Å². The van der Waals surface area contributed by atoms with E-state index in [0.717, 1.165) is 5.56 Å². The molecule has 34 heavy (non-hydrogen) atoms. The van der Waals surface area contributed by atoms with Crippen LogP contribution in [0.3, 0.4) is 0 Å². The van der Waals surface area contributed by atoms with Crippen molar-refractivity contribution in [2.24, 2.45) is 0 Å². The van der Waals surface area contributed by atoms with Crippen molar-refractivity contribution in [3.8, 4) is 0 Å². The molecule has 0 fully saturated rings. The van der Waals surface area contributed by atoms with E-state index < -0.39 is 12.1 Å². The molecule has 4 N–H and O–H groups in total. The highest BCUT2D eigenvalue weighted by Crippen LogP contribution is 2.18. The van der Waals surface area contributed by atoms with E-state index in [1.165, 1.54) is 19.2 Å². The molecule has 0 saturated carbocycles. The average molecular weight is 483 g/mol. The van der Waals surface area contributed by atoms with Gasteiger partial charge in [0, 0.05) is 28.9 Å². The van der Waals surface area contributed by atoms with E-state index >= 15 is 0 Å². The van der Waals surface area contributed by atoms with Gasteiger partial charge in [0.25, 0.3) is 5.91 Å². The van der Waals surface area contributed by atoms with Crippen molar-refractivity contribution in [3.05, 3.63) is 100 Å². The number of halogens is 1. The first kappa shape index (κ1) is 25.4. The van der Waals surface area contributed by atoms with Gasteiger partial charge in [-0.3, -0.25) is 4.79 Å². The van der Waals surface area contributed by atoms with Crippen molar-refractivity contribution in [3.63, 3.8) is 0 Å². The number of nitrogens with one attached hydrogen (secondary N) is 2. The van der Waals surface area contributed by atoms with Gasteiger partial charge in [0.1, 0.15) is 0 Å². The molecule has 3 aromatic carbocycles. The van der Waals surface area contributed by atoms with Crippen LogP contribution >= 0.6 is 11.6 Å². The van der Waals surface area contributed by atoms with Gasteiger partial charge >= 0.3 is 5.97 Å². The van der Waals surface area contributed by atoms with Crippen LogP contribution in [0.15, 0.2) is 72.8 Å². The highest BCUT2D eigenvalue weighted by molar-refractivity contribution is 6.30. The SMILES string of the molecule is COC(=O)c1ccc(C(=O)Nc2ccc(C[C@@H](CO)NC[C@H](O)c3cccc(Cl)c3)cc2)cc1. The molecule has 0 aliphatic carbocycles. The fourth-order valence-electron chi connectivity index (χ4n) is 3.40. The molecule has 2 atom stereocenters. The first-order valence-electron chi connectivity index (χ1n) is 10.8. The van der Waals surface area contributed by atoms with Gasteiger partial charge in [-0.2, -0.15) is 0 Å². The quantitative estimate of drug-likeness (QED) is 0.329. The Balaban J connectivity index is 1.52. The maximum absolute atomic E-state index is 12.5. The summed E-state index contributed by atoms with van der Waals surface area (Å²) in [5, 5.41) is 26.6. The lowest BCUT2D eigenvalue weighted by molar-refractivity contribution is 0.0600. The number of esters is 1. The molecule has 0 aliphatic rings. The second kappa shape index (κ2) is 12.3. The van der Waals surface area contributed by atoms with E-state index in [1.54, 1.807) is 48.5 Å². The number of rotatable bonds is 10. The molecule has 0 spiro atoms. The van der Waals surface area contributed by atoms with Crippen molar-refractivity contribution in [1.29, 1.82) is 0 Å². The van der Waals surface area contributed by atoms with Crippen LogP contribution in [-0.4, -0.2) is 48.4 Å². The number of benzene rings is 3. The van der Waals surface area contributed by atoms with Crippen LogP contribution in [0.1, 0.15) is 37.9 Å². The monoisotopic (exact) mass is 482 g/mol. The van der Waals surface area contributed by atoms with Gasteiger partial charge in [0.05, 0.1) is 25.4 Å². The molecule has 3 rings (SSSR count). The smallest absolute Gasteiger partial charge is 0.337 e. The zero-order chi connectivity index (χ0) is 24.5. The van der Waals surface area contributed by atoms with E-state index in [4.69, 9.17) is 11.6 Å². The molecular formula is C26H27ClN2O5. The molecule has 0 radical (unpaired) electrons. The van der Waals surface area contributed by atoms with Gasteiger partial charge in [-0.1, -0.05) is 35.9 Å². The summed E-state index contributed by atoms with van der Waals surface area (Å²) < 4.78 is 4.65. The third kappa shape index (κ3) is 7.13. The third-order valence-electron chi connectivity index (χ3n) is 5.32. The summed E-state index contributed by atoms with van der Waals surface area (Å²) in [4.78, 5) is 24.0. The predicted molar refractivity (Wildman–Crippen MR) is 131 cm³/mol. The predicted octanol–water partition coefficient (Wildman–Crippen LogP) is 3.61. The molecule has 0 heterocycles. The lowest BCUT2D eigenvalue weighted by Gasteiger charge is -2.19. The van der Waals surface area contributed by atoms with Crippen LogP contribution in [-0.2, 0) is 11.2 Å². The molecule has 7 nitrogen and oxygen atoms in total. The van der Waals surface area contributed by atoms with Crippen molar-refractivity contribution >= 4 is 29.2 Å². The lowest BCUT2D eigenvalue weighted by atomic mass is 10.0. The zero-order valence-corrected chi connectivity index (χ0v) is 19.5. The van der Waals surface area contributed by atoms with Crippen molar-refractivity contribution in [2.45, 2.75) is 18.6 Å². The summed E-state index contributed by atoms with van der Waals surface area (Å²) in [6.07, 6.45) is -0.200. The van der Waals surface area contributed by atoms with Crippen LogP contribution in [0.5, 0.6) is 0 Å². The minimum absolute atomic E-state index is 0.0949. The second-order valence-corrected chi connectivity index (χ2v) is 8.22. The van der Waals surface area contributed by atoms with Gasteiger partial charge in [-0.25, -0.2) is 4.79 Å². The van der Waals surface area contributed by atoms with Gasteiger partial charge in [-0.05, 0) is 66.1 Å². The van der Waals surface area contributed by atoms with Gasteiger partial charge in [0.15, 0.2) is 0 Å². The molecular weight excluding hydrogens is 456 g/mol. The molecule has 0 bridgehead atoms. The number of anilines is 1. The zero-order valence-electron chi connectivity index (χ0n) is 18.7. The Morgan fingerprint density at radius 2 is 1.68 bits per heavy atom. The number of carbonyl (C=O) groups excluding carboxylic acids is 2. The maximum atomic E-state index is 12.5. The number of hydrogen-bond donors (Lipinski definition) is 4. The summed E-state index contributed by atoms with van der Waals surface area (Å²) >= 11 is 5.97. The number of amides is 1. The molecule has 0 aromatic heterocycles. The number of aliphatic hydroxyl groups is 2. The number of aliphatic hydroxyl groups excluding tert-OH is 2. The largest absolute Gasteiger partial charge is 0.465 e. The van der Waals surface area contributed by atoms with Crippen LogP contribution in [0.2, 0.25) is 5.02 Å². The maximum Gasteiger partial charge on any atom is 0.337 e. The van der Waals surface area contributed by atoms with Gasteiger partial charge < -0.3 is 25.6 Å². The van der Waals surface area contributed by atoms with Gasteiger partial charge in [0.2, 0.25) is 0 Å². The van der Waals surface area contributed by atoms with Crippen LogP contribution < -0.4 is 10.6 Å². The summed E-state index contributed by atoms with van der Waals surface area (Å²) in [6.45, 7) is 0.177. The van der Waals surface area contributed by atoms with E-state index in [-0.39, 0.29) is 25.1 Å². The van der Waals surface area contributed by atoms with Crippen LogP contribution in [0, 0.1) is 0 Å². The first-order chi connectivity index (χ1) is 16.4. The van der Waals surface area contributed by atoms with Crippen LogP contribution in [0.25, 0.3) is 0 Å². The molecule has 0 unspecified atom stereocenters. The first-order valence-corrected chi connectivity index (χ1v) is 11.1. The van der Waals surface area contributed by atoms with Crippen LogP contribution in [0.4, 0.5) is 5.69 Å². The molecule has 0 aliphatic heterocycles. The Morgan fingerprint density at radius 3 is 2.29 bits per heavy atom. The molecule has 8 heteroatoms. The summed E-state index contributed by atoms with van der Waals surface area (Å²) in [6, 6.07) is 20.3. The summed E-state index contributed by atoms with van der Waals surface area (Å²) in [5.41, 5.74) is 3.08. The minimum atomic E-state index is -0.743. The Hall–Kier alpha value is -3.23. The summed E-state index contributed by atoms with van der Waals surface area (Å²) in [7, 11) is 1.30. The summed E-state index contributed by atoms with van der Waals surface area (Å²) in [5.74, 6) is -0.758. The Labute approximate surface area is 203 Å². The molecule has 0 saturated heterocycles. The van der Waals surface area contributed by atoms with Gasteiger partial charge in [-0.15, -0.1) is 0 Å². The molecule has 1 amide bonds. The number of ether oxygens (including phenoxy) is 1. The second-order valence-electron chi connectivity index (χ2n) is 7.78. The molecule has 178 valence electrons. The Bertz CT molecular complexity index is 1100. The highest BCUT2D eigenvalue weighted by Gasteiger charge is 2.14. The average Bonchev–Trinajstić information content (AvgIpc) is 2.86. The Kier molecular flexibility index (Phi) is 9.18. The number of carbonyl (C=O) groups is 2. The topological polar surface area (TPSA) is 108 Å². The van der Waals surface area contributed by atoms with E-state index in [9.17, 15) is 19.8 Å². The van der Waals surface area contributed by atoms with E-state index in [2.05, 4.69) is 15.4 Å². The van der Waals surface area contributed by atoms with E-state index in [1.807, 2.05) is 12.1 Å². The molecule has 3 aromatic rings. The lowest BCUT2D eigenvalue weighted by Crippen LogP contribution is -2.37. The van der Waals surface area contributed by atoms with E-state index in [0.29, 0.717) is 33.8 Å². The Morgan fingerprint density at radius 1 is 1.00 bits per heavy atom.